The minimum atomic E-state index is -3.70. The van der Waals surface area contributed by atoms with E-state index in [1.165, 1.54) is 12.1 Å². The van der Waals surface area contributed by atoms with Crippen LogP contribution in [0.3, 0.4) is 0 Å². The van der Waals surface area contributed by atoms with Crippen LogP contribution in [0.15, 0.2) is 33.6 Å². The molecule has 0 atom stereocenters. The van der Waals surface area contributed by atoms with Gasteiger partial charge in [-0.3, -0.25) is 0 Å². The van der Waals surface area contributed by atoms with Crippen molar-refractivity contribution in [2.45, 2.75) is 57.8 Å². The van der Waals surface area contributed by atoms with Crippen molar-refractivity contribution in [1.29, 1.82) is 0 Å². The number of benzene rings is 1. The maximum absolute atomic E-state index is 12.5. The lowest BCUT2D eigenvalue weighted by molar-refractivity contribution is 0.451. The molecule has 130 valence electrons. The zero-order valence-electron chi connectivity index (χ0n) is 14.3. The first kappa shape index (κ1) is 20.0. The van der Waals surface area contributed by atoms with Gasteiger partial charge in [0.1, 0.15) is 5.84 Å². The van der Waals surface area contributed by atoms with Gasteiger partial charge in [-0.15, -0.1) is 4.40 Å². The van der Waals surface area contributed by atoms with Crippen LogP contribution in [0.4, 0.5) is 0 Å². The highest BCUT2D eigenvalue weighted by Gasteiger charge is 2.17. The molecule has 6 heteroatoms. The molecule has 0 heterocycles. The number of amidine groups is 1. The van der Waals surface area contributed by atoms with Gasteiger partial charge in [0.05, 0.1) is 4.90 Å². The van der Waals surface area contributed by atoms with E-state index in [-0.39, 0.29) is 4.90 Å². The lowest BCUT2D eigenvalue weighted by Gasteiger charge is -2.23. The molecular weight excluding hydrogens is 332 g/mol. The molecule has 1 aromatic carbocycles. The molecule has 0 aliphatic heterocycles. The zero-order chi connectivity index (χ0) is 17.3. The van der Waals surface area contributed by atoms with Crippen molar-refractivity contribution in [2.75, 3.05) is 13.1 Å². The Hall–Kier alpha value is -1.07. The summed E-state index contributed by atoms with van der Waals surface area (Å²) in [6, 6.07) is 6.14. The van der Waals surface area contributed by atoms with Gasteiger partial charge in [0.25, 0.3) is 10.0 Å². The highest BCUT2D eigenvalue weighted by atomic mass is 35.5. The highest BCUT2D eigenvalue weighted by molar-refractivity contribution is 7.90. The first-order chi connectivity index (χ1) is 10.9. The highest BCUT2D eigenvalue weighted by Crippen LogP contribution is 2.18. The minimum absolute atomic E-state index is 0.181. The third-order valence-corrected chi connectivity index (χ3v) is 5.29. The molecule has 1 aromatic rings. The predicted octanol–water partition coefficient (Wildman–Crippen LogP) is 4.74. The fraction of sp³-hybridized carbons (Fsp3) is 0.588. The van der Waals surface area contributed by atoms with Crippen LogP contribution in [-0.2, 0) is 10.0 Å². The van der Waals surface area contributed by atoms with E-state index in [2.05, 4.69) is 11.3 Å². The maximum Gasteiger partial charge on any atom is 0.283 e. The van der Waals surface area contributed by atoms with E-state index in [1.807, 2.05) is 18.7 Å². The molecule has 0 aliphatic rings. The SMILES string of the molecule is CCCCCC/C(=N/S(=O)(=O)c1ccc(Cl)cc1)N(CC)CC. The molecular formula is C17H27ClN2O2S. The van der Waals surface area contributed by atoms with Crippen LogP contribution in [-0.4, -0.2) is 32.2 Å². The third kappa shape index (κ3) is 6.51. The summed E-state index contributed by atoms with van der Waals surface area (Å²) in [6.07, 6.45) is 5.06. The number of rotatable bonds is 9. The van der Waals surface area contributed by atoms with Crippen LogP contribution in [0.1, 0.15) is 52.9 Å². The second-order valence-electron chi connectivity index (χ2n) is 5.42. The van der Waals surface area contributed by atoms with E-state index in [4.69, 9.17) is 11.6 Å². The van der Waals surface area contributed by atoms with Gasteiger partial charge in [-0.1, -0.05) is 37.8 Å². The minimum Gasteiger partial charge on any atom is -0.360 e. The Labute approximate surface area is 145 Å². The number of unbranched alkanes of at least 4 members (excludes halogenated alkanes) is 3. The summed E-state index contributed by atoms with van der Waals surface area (Å²) in [4.78, 5) is 2.19. The summed E-state index contributed by atoms with van der Waals surface area (Å²) >= 11 is 5.82. The van der Waals surface area contributed by atoms with Crippen LogP contribution in [0, 0.1) is 0 Å². The van der Waals surface area contributed by atoms with Crippen molar-refractivity contribution in [1.82, 2.24) is 4.90 Å². The summed E-state index contributed by atoms with van der Waals surface area (Å²) < 4.78 is 29.2. The Kier molecular flexibility index (Phi) is 8.63. The molecule has 4 nitrogen and oxygen atoms in total. The molecule has 0 aliphatic carbocycles. The Morgan fingerprint density at radius 1 is 1.04 bits per heavy atom. The molecule has 1 rings (SSSR count). The Bertz CT molecular complexity index is 594. The van der Waals surface area contributed by atoms with Crippen LogP contribution in [0.25, 0.3) is 0 Å². The summed E-state index contributed by atoms with van der Waals surface area (Å²) in [7, 11) is -3.70. The summed E-state index contributed by atoms with van der Waals surface area (Å²) in [5, 5.41) is 0.511. The van der Waals surface area contributed by atoms with Crippen LogP contribution >= 0.6 is 11.6 Å². The van der Waals surface area contributed by atoms with Crippen LogP contribution < -0.4 is 0 Å². The second kappa shape index (κ2) is 9.93. The van der Waals surface area contributed by atoms with Gasteiger partial charge >= 0.3 is 0 Å². The van der Waals surface area contributed by atoms with E-state index >= 15 is 0 Å². The average Bonchev–Trinajstić information content (AvgIpc) is 2.52. The summed E-state index contributed by atoms with van der Waals surface area (Å²) in [6.45, 7) is 7.68. The standard InChI is InChI=1S/C17H27ClN2O2S/c1-4-7-8-9-10-17(20(5-2)6-3)19-23(21,22)16-13-11-15(18)12-14-16/h11-14H,4-10H2,1-3H3/b19-17-. The zero-order valence-corrected chi connectivity index (χ0v) is 15.8. The molecule has 0 aromatic heterocycles. The Morgan fingerprint density at radius 2 is 1.65 bits per heavy atom. The molecule has 0 bridgehead atoms. The number of nitrogens with zero attached hydrogens (tertiary/aromatic N) is 2. The third-order valence-electron chi connectivity index (χ3n) is 3.72. The number of hydrogen-bond acceptors (Lipinski definition) is 2. The van der Waals surface area contributed by atoms with Crippen molar-refractivity contribution < 1.29 is 8.42 Å². The van der Waals surface area contributed by atoms with Gasteiger partial charge in [0.2, 0.25) is 0 Å². The smallest absolute Gasteiger partial charge is 0.283 e. The van der Waals surface area contributed by atoms with E-state index in [1.54, 1.807) is 12.1 Å². The summed E-state index contributed by atoms with van der Waals surface area (Å²) in [5.41, 5.74) is 0. The summed E-state index contributed by atoms with van der Waals surface area (Å²) in [5.74, 6) is 0.654. The van der Waals surface area contributed by atoms with Crippen LogP contribution in [0.2, 0.25) is 5.02 Å². The normalized spacial score (nSPS) is 12.4. The first-order valence-electron chi connectivity index (χ1n) is 8.28. The van der Waals surface area contributed by atoms with E-state index in [0.717, 1.165) is 38.8 Å². The molecule has 0 unspecified atom stereocenters. The second-order valence-corrected chi connectivity index (χ2v) is 7.46. The van der Waals surface area contributed by atoms with Gasteiger partial charge in [-0.05, 0) is 44.5 Å². The molecule has 0 amide bonds. The number of halogens is 1. The topological polar surface area (TPSA) is 49.7 Å². The quantitative estimate of drug-likeness (QED) is 0.364. The molecule has 0 saturated heterocycles. The van der Waals surface area contributed by atoms with Crippen molar-refractivity contribution in [3.05, 3.63) is 29.3 Å². The van der Waals surface area contributed by atoms with Crippen molar-refractivity contribution in [2.24, 2.45) is 4.40 Å². The number of sulfonamides is 1. The Balaban J connectivity index is 3.02. The molecule has 23 heavy (non-hydrogen) atoms. The maximum atomic E-state index is 12.5. The molecule has 0 radical (unpaired) electrons. The largest absolute Gasteiger partial charge is 0.360 e. The van der Waals surface area contributed by atoms with Gasteiger partial charge in [-0.25, -0.2) is 0 Å². The fourth-order valence-electron chi connectivity index (χ4n) is 2.36. The van der Waals surface area contributed by atoms with E-state index < -0.39 is 10.0 Å². The molecule has 0 spiro atoms. The molecule has 0 N–H and O–H groups in total. The molecule has 0 saturated carbocycles. The predicted molar refractivity (Wildman–Crippen MR) is 97.8 cm³/mol. The molecule has 0 fully saturated rings. The van der Waals surface area contributed by atoms with Crippen molar-refractivity contribution in [3.8, 4) is 0 Å². The van der Waals surface area contributed by atoms with E-state index in [9.17, 15) is 8.42 Å². The Morgan fingerprint density at radius 3 is 2.17 bits per heavy atom. The van der Waals surface area contributed by atoms with Gasteiger partial charge < -0.3 is 4.90 Å². The average molecular weight is 359 g/mol. The lowest BCUT2D eigenvalue weighted by Crippen LogP contribution is -2.31. The van der Waals surface area contributed by atoms with E-state index in [0.29, 0.717) is 17.3 Å². The van der Waals surface area contributed by atoms with Gasteiger partial charge in [0.15, 0.2) is 0 Å². The van der Waals surface area contributed by atoms with Crippen molar-refractivity contribution in [3.63, 3.8) is 0 Å². The van der Waals surface area contributed by atoms with Gasteiger partial charge in [0, 0.05) is 24.5 Å². The van der Waals surface area contributed by atoms with Gasteiger partial charge in [-0.2, -0.15) is 8.42 Å². The monoisotopic (exact) mass is 358 g/mol. The fourth-order valence-corrected chi connectivity index (χ4v) is 3.55. The lowest BCUT2D eigenvalue weighted by atomic mass is 10.1. The number of hydrogen-bond donors (Lipinski definition) is 0. The van der Waals surface area contributed by atoms with Crippen molar-refractivity contribution >= 4 is 27.5 Å². The first-order valence-corrected chi connectivity index (χ1v) is 10.1. The van der Waals surface area contributed by atoms with Crippen LogP contribution in [0.5, 0.6) is 0 Å².